The van der Waals surface area contributed by atoms with Crippen molar-refractivity contribution in [1.29, 1.82) is 0 Å². The summed E-state index contributed by atoms with van der Waals surface area (Å²) in [4.78, 5) is 4.70. The molecule has 0 aliphatic heterocycles. The Balaban J connectivity index is 2.44. The fraction of sp³-hybridized carbons (Fsp3) is 0.357. The van der Waals surface area contributed by atoms with Gasteiger partial charge >= 0.3 is 0 Å². The Bertz CT molecular complexity index is 511. The van der Waals surface area contributed by atoms with Crippen LogP contribution in [0.1, 0.15) is 26.5 Å². The monoisotopic (exact) mass is 247 g/mol. The normalized spacial score (nSPS) is 11.5. The lowest BCUT2D eigenvalue weighted by atomic mass is 9.93. The van der Waals surface area contributed by atoms with E-state index < -0.39 is 0 Å². The van der Waals surface area contributed by atoms with E-state index in [1.54, 1.807) is 18.4 Å². The van der Waals surface area contributed by atoms with E-state index in [-0.39, 0.29) is 5.41 Å². The molecular formula is C14H17NOS. The Morgan fingerprint density at radius 3 is 2.47 bits per heavy atom. The molecule has 0 amide bonds. The van der Waals surface area contributed by atoms with Crippen molar-refractivity contribution in [2.45, 2.75) is 26.2 Å². The third kappa shape index (κ3) is 2.50. The van der Waals surface area contributed by atoms with Crippen molar-refractivity contribution < 1.29 is 4.74 Å². The first kappa shape index (κ1) is 12.1. The zero-order valence-electron chi connectivity index (χ0n) is 10.7. The fourth-order valence-electron chi connectivity index (χ4n) is 1.56. The summed E-state index contributed by atoms with van der Waals surface area (Å²) in [5, 5.41) is 3.15. The number of nitrogens with zero attached hydrogens (tertiary/aromatic N) is 1. The van der Waals surface area contributed by atoms with E-state index in [0.717, 1.165) is 22.0 Å². The van der Waals surface area contributed by atoms with Gasteiger partial charge in [0.15, 0.2) is 0 Å². The van der Waals surface area contributed by atoms with Gasteiger partial charge < -0.3 is 4.74 Å². The molecule has 0 aliphatic carbocycles. The van der Waals surface area contributed by atoms with Crippen LogP contribution in [0.2, 0.25) is 0 Å². The van der Waals surface area contributed by atoms with Crippen molar-refractivity contribution in [2.75, 3.05) is 7.11 Å². The molecular weight excluding hydrogens is 230 g/mol. The second-order valence-electron chi connectivity index (χ2n) is 4.99. The van der Waals surface area contributed by atoms with E-state index in [0.29, 0.717) is 0 Å². The topological polar surface area (TPSA) is 22.1 Å². The zero-order valence-corrected chi connectivity index (χ0v) is 11.5. The Morgan fingerprint density at radius 1 is 1.18 bits per heavy atom. The molecule has 0 unspecified atom stereocenters. The number of hydrogen-bond acceptors (Lipinski definition) is 3. The van der Waals surface area contributed by atoms with Crippen LogP contribution in [0.3, 0.4) is 0 Å². The molecule has 0 radical (unpaired) electrons. The lowest BCUT2D eigenvalue weighted by Crippen LogP contribution is -2.11. The summed E-state index contributed by atoms with van der Waals surface area (Å²) in [6.45, 7) is 6.52. The van der Waals surface area contributed by atoms with Crippen LogP contribution in [0, 0.1) is 0 Å². The smallest absolute Gasteiger partial charge is 0.129 e. The molecule has 2 aromatic rings. The van der Waals surface area contributed by atoms with Crippen LogP contribution in [0.15, 0.2) is 29.6 Å². The van der Waals surface area contributed by atoms with Crippen molar-refractivity contribution in [3.05, 3.63) is 35.3 Å². The molecule has 2 nitrogen and oxygen atoms in total. The van der Waals surface area contributed by atoms with Crippen molar-refractivity contribution in [1.82, 2.24) is 4.98 Å². The Hall–Kier alpha value is -1.35. The number of aromatic nitrogens is 1. The van der Waals surface area contributed by atoms with Gasteiger partial charge in [-0.2, -0.15) is 0 Å². The lowest BCUT2D eigenvalue weighted by Gasteiger charge is -2.14. The molecule has 0 aliphatic rings. The van der Waals surface area contributed by atoms with Gasteiger partial charge in [0.2, 0.25) is 0 Å². The summed E-state index contributed by atoms with van der Waals surface area (Å²) < 4.78 is 5.36. The molecule has 0 saturated carbocycles. The summed E-state index contributed by atoms with van der Waals surface area (Å²) >= 11 is 1.67. The van der Waals surface area contributed by atoms with Crippen LogP contribution >= 0.6 is 11.3 Å². The molecule has 0 fully saturated rings. The van der Waals surface area contributed by atoms with Gasteiger partial charge in [-0.25, -0.2) is 4.98 Å². The van der Waals surface area contributed by atoms with E-state index in [4.69, 9.17) is 9.72 Å². The van der Waals surface area contributed by atoms with Gasteiger partial charge in [0.1, 0.15) is 10.8 Å². The van der Waals surface area contributed by atoms with Crippen LogP contribution in [0.4, 0.5) is 0 Å². The summed E-state index contributed by atoms with van der Waals surface area (Å²) in [6.07, 6.45) is 0. The summed E-state index contributed by atoms with van der Waals surface area (Å²) in [5.41, 5.74) is 2.29. The molecule has 3 heteroatoms. The second-order valence-corrected chi connectivity index (χ2v) is 5.85. The van der Waals surface area contributed by atoms with Crippen molar-refractivity contribution in [3.63, 3.8) is 0 Å². The minimum atomic E-state index is 0.0940. The molecule has 0 N–H and O–H groups in total. The van der Waals surface area contributed by atoms with Crippen molar-refractivity contribution in [3.8, 4) is 16.3 Å². The highest BCUT2D eigenvalue weighted by molar-refractivity contribution is 7.13. The molecule has 17 heavy (non-hydrogen) atoms. The van der Waals surface area contributed by atoms with Gasteiger partial charge in [-0.3, -0.25) is 0 Å². The van der Waals surface area contributed by atoms with Gasteiger partial charge in [0.25, 0.3) is 0 Å². The zero-order chi connectivity index (χ0) is 12.5. The first-order chi connectivity index (χ1) is 8.02. The molecule has 1 aromatic heterocycles. The molecule has 0 saturated heterocycles. The average molecular weight is 247 g/mol. The number of thiazole rings is 1. The molecule has 0 spiro atoms. The average Bonchev–Trinajstić information content (AvgIpc) is 2.77. The van der Waals surface area contributed by atoms with Gasteiger partial charge in [-0.15, -0.1) is 11.3 Å². The first-order valence-corrected chi connectivity index (χ1v) is 6.50. The molecule has 90 valence electrons. The van der Waals surface area contributed by atoms with Gasteiger partial charge in [0.05, 0.1) is 18.4 Å². The van der Waals surface area contributed by atoms with Gasteiger partial charge in [0, 0.05) is 10.8 Å². The van der Waals surface area contributed by atoms with E-state index >= 15 is 0 Å². The largest absolute Gasteiger partial charge is 0.496 e. The Labute approximate surface area is 106 Å². The van der Waals surface area contributed by atoms with Crippen LogP contribution in [-0.2, 0) is 5.41 Å². The quantitative estimate of drug-likeness (QED) is 0.796. The minimum absolute atomic E-state index is 0.0940. The fourth-order valence-corrected chi connectivity index (χ4v) is 2.64. The van der Waals surface area contributed by atoms with E-state index in [1.165, 1.54) is 0 Å². The van der Waals surface area contributed by atoms with E-state index in [1.807, 2.05) is 24.3 Å². The van der Waals surface area contributed by atoms with Crippen molar-refractivity contribution >= 4 is 11.3 Å². The SMILES string of the molecule is COc1ccccc1-c1nc(C(C)(C)C)cs1. The Kier molecular flexibility index (Phi) is 3.20. The highest BCUT2D eigenvalue weighted by Crippen LogP contribution is 2.34. The van der Waals surface area contributed by atoms with Crippen molar-refractivity contribution in [2.24, 2.45) is 0 Å². The van der Waals surface area contributed by atoms with Gasteiger partial charge in [-0.05, 0) is 12.1 Å². The third-order valence-corrected chi connectivity index (χ3v) is 3.49. The van der Waals surface area contributed by atoms with E-state index in [2.05, 4.69) is 26.2 Å². The third-order valence-electron chi connectivity index (χ3n) is 2.61. The number of rotatable bonds is 2. The lowest BCUT2D eigenvalue weighted by molar-refractivity contribution is 0.416. The standard InChI is InChI=1S/C14H17NOS/c1-14(2,3)12-9-17-13(15-12)10-7-5-6-8-11(10)16-4/h5-9H,1-4H3. The van der Waals surface area contributed by atoms with E-state index in [9.17, 15) is 0 Å². The molecule has 1 heterocycles. The van der Waals surface area contributed by atoms with Crippen LogP contribution < -0.4 is 4.74 Å². The predicted octanol–water partition coefficient (Wildman–Crippen LogP) is 4.12. The maximum atomic E-state index is 5.36. The van der Waals surface area contributed by atoms with Crippen LogP contribution in [0.25, 0.3) is 10.6 Å². The van der Waals surface area contributed by atoms with Crippen LogP contribution in [0.5, 0.6) is 5.75 Å². The predicted molar refractivity (Wildman–Crippen MR) is 72.8 cm³/mol. The number of hydrogen-bond donors (Lipinski definition) is 0. The highest BCUT2D eigenvalue weighted by atomic mass is 32.1. The second kappa shape index (κ2) is 4.49. The maximum Gasteiger partial charge on any atom is 0.129 e. The summed E-state index contributed by atoms with van der Waals surface area (Å²) in [7, 11) is 1.69. The highest BCUT2D eigenvalue weighted by Gasteiger charge is 2.18. The number of para-hydroxylation sites is 1. The number of ether oxygens (including phenoxy) is 1. The number of benzene rings is 1. The minimum Gasteiger partial charge on any atom is -0.496 e. The molecule has 2 rings (SSSR count). The molecule has 0 bridgehead atoms. The summed E-state index contributed by atoms with van der Waals surface area (Å²) in [5.74, 6) is 0.877. The maximum absolute atomic E-state index is 5.36. The van der Waals surface area contributed by atoms with Gasteiger partial charge in [-0.1, -0.05) is 32.9 Å². The molecule has 0 atom stereocenters. The first-order valence-electron chi connectivity index (χ1n) is 5.62. The Morgan fingerprint density at radius 2 is 1.88 bits per heavy atom. The number of methoxy groups -OCH3 is 1. The molecule has 1 aromatic carbocycles. The summed E-state index contributed by atoms with van der Waals surface area (Å²) in [6, 6.07) is 7.99. The van der Waals surface area contributed by atoms with Crippen LogP contribution in [-0.4, -0.2) is 12.1 Å².